The SMILES string of the molecule is CCCCNC(=O)[C@]1(c2cccc([N+](=O)[O-])c2)[C@@H](N(CC)CC)[C@H](CCC)C=CN1C(=O)c1ccccc1. The van der Waals surface area contributed by atoms with E-state index < -0.39 is 16.5 Å². The van der Waals surface area contributed by atoms with E-state index >= 15 is 0 Å². The monoisotopic (exact) mass is 520 g/mol. The van der Waals surface area contributed by atoms with Gasteiger partial charge < -0.3 is 5.32 Å². The quantitative estimate of drug-likeness (QED) is 0.226. The molecule has 1 aliphatic rings. The van der Waals surface area contributed by atoms with Crippen molar-refractivity contribution in [2.45, 2.75) is 65.0 Å². The second-order valence-electron chi connectivity index (χ2n) is 9.68. The van der Waals surface area contributed by atoms with Crippen LogP contribution in [0.15, 0.2) is 66.9 Å². The molecule has 1 heterocycles. The van der Waals surface area contributed by atoms with Crippen LogP contribution in [-0.4, -0.2) is 52.2 Å². The van der Waals surface area contributed by atoms with E-state index in [0.717, 1.165) is 25.7 Å². The number of hydrogen-bond acceptors (Lipinski definition) is 5. The number of nitrogens with one attached hydrogen (secondary N) is 1. The van der Waals surface area contributed by atoms with Crippen molar-refractivity contribution in [1.29, 1.82) is 0 Å². The van der Waals surface area contributed by atoms with Crippen molar-refractivity contribution in [3.05, 3.63) is 88.1 Å². The molecule has 0 spiro atoms. The molecule has 0 aliphatic carbocycles. The van der Waals surface area contributed by atoms with Crippen LogP contribution in [0, 0.1) is 16.0 Å². The second-order valence-corrected chi connectivity index (χ2v) is 9.68. The maximum Gasteiger partial charge on any atom is 0.269 e. The summed E-state index contributed by atoms with van der Waals surface area (Å²) in [5.74, 6) is -0.694. The van der Waals surface area contributed by atoms with E-state index in [4.69, 9.17) is 0 Å². The van der Waals surface area contributed by atoms with Crippen molar-refractivity contribution in [1.82, 2.24) is 15.1 Å². The summed E-state index contributed by atoms with van der Waals surface area (Å²) >= 11 is 0. The fraction of sp³-hybridized carbons (Fsp3) is 0.467. The molecule has 0 bridgehead atoms. The number of nitrogens with zero attached hydrogens (tertiary/aromatic N) is 3. The molecule has 0 saturated carbocycles. The van der Waals surface area contributed by atoms with Crippen LogP contribution in [0.3, 0.4) is 0 Å². The van der Waals surface area contributed by atoms with Gasteiger partial charge in [-0.1, -0.05) is 76.9 Å². The number of carbonyl (C=O) groups excluding carboxylic acids is 2. The largest absolute Gasteiger partial charge is 0.354 e. The van der Waals surface area contributed by atoms with E-state index in [1.54, 1.807) is 42.6 Å². The van der Waals surface area contributed by atoms with Gasteiger partial charge >= 0.3 is 0 Å². The van der Waals surface area contributed by atoms with Crippen molar-refractivity contribution in [3.8, 4) is 0 Å². The highest BCUT2D eigenvalue weighted by Crippen LogP contribution is 2.45. The molecule has 3 rings (SSSR count). The number of benzene rings is 2. The smallest absolute Gasteiger partial charge is 0.269 e. The molecule has 2 aromatic rings. The molecule has 0 radical (unpaired) electrons. The van der Waals surface area contributed by atoms with E-state index in [9.17, 15) is 19.7 Å². The average molecular weight is 521 g/mol. The lowest BCUT2D eigenvalue weighted by Gasteiger charge is -2.54. The fourth-order valence-electron chi connectivity index (χ4n) is 5.61. The molecular formula is C30H40N4O4. The molecule has 0 aromatic heterocycles. The normalized spacial score (nSPS) is 20.9. The van der Waals surface area contributed by atoms with Gasteiger partial charge in [-0.05, 0) is 49.5 Å². The minimum absolute atomic E-state index is 0.0455. The Hall–Kier alpha value is -3.52. The summed E-state index contributed by atoms with van der Waals surface area (Å²) in [5.41, 5.74) is -0.754. The van der Waals surface area contributed by atoms with Crippen molar-refractivity contribution in [2.75, 3.05) is 19.6 Å². The Bertz CT molecular complexity index is 1130. The molecule has 0 saturated heterocycles. The Labute approximate surface area is 225 Å². The number of likely N-dealkylation sites (N-methyl/N-ethyl adjacent to an activating group) is 1. The molecule has 204 valence electrons. The minimum Gasteiger partial charge on any atom is -0.354 e. The van der Waals surface area contributed by atoms with Crippen LogP contribution < -0.4 is 5.32 Å². The summed E-state index contributed by atoms with van der Waals surface area (Å²) in [6, 6.07) is 14.7. The topological polar surface area (TPSA) is 95.8 Å². The molecule has 38 heavy (non-hydrogen) atoms. The van der Waals surface area contributed by atoms with E-state index in [0.29, 0.717) is 30.8 Å². The van der Waals surface area contributed by atoms with E-state index in [2.05, 4.69) is 17.1 Å². The van der Waals surface area contributed by atoms with Gasteiger partial charge in [0.05, 0.1) is 11.0 Å². The third kappa shape index (κ3) is 5.65. The van der Waals surface area contributed by atoms with Gasteiger partial charge in [0.15, 0.2) is 5.54 Å². The molecule has 3 atom stereocenters. The average Bonchev–Trinajstić information content (AvgIpc) is 2.94. The van der Waals surface area contributed by atoms with E-state index in [-0.39, 0.29) is 23.4 Å². The summed E-state index contributed by atoms with van der Waals surface area (Å²) in [6.45, 7) is 10.00. The van der Waals surface area contributed by atoms with Crippen LogP contribution >= 0.6 is 0 Å². The second kappa shape index (κ2) is 13.3. The molecule has 8 heteroatoms. The summed E-state index contributed by atoms with van der Waals surface area (Å²) in [6.07, 6.45) is 7.14. The molecule has 1 aliphatic heterocycles. The Balaban J connectivity index is 2.40. The molecule has 1 N–H and O–H groups in total. The zero-order valence-electron chi connectivity index (χ0n) is 22.9. The van der Waals surface area contributed by atoms with Crippen molar-refractivity contribution < 1.29 is 14.5 Å². The highest BCUT2D eigenvalue weighted by atomic mass is 16.6. The number of unbranched alkanes of at least 4 members (excludes halogenated alkanes) is 1. The summed E-state index contributed by atoms with van der Waals surface area (Å²) in [7, 11) is 0. The molecule has 2 aromatic carbocycles. The maximum atomic E-state index is 14.6. The third-order valence-electron chi connectivity index (χ3n) is 7.42. The lowest BCUT2D eigenvalue weighted by Crippen LogP contribution is -2.70. The number of nitro benzene ring substituents is 1. The standard InChI is InChI=1S/C30H40N4O4/c1-5-9-20-31-29(36)30(25-17-13-18-26(22-25)34(37)38)27(32(7-3)8-4)23(14-6-2)19-21-33(30)28(35)24-15-11-10-12-16-24/h10-13,15-19,21-23,27H,5-9,14,20H2,1-4H3,(H,31,36)/t23-,27+,30+/m1/s1. The fourth-order valence-corrected chi connectivity index (χ4v) is 5.61. The maximum absolute atomic E-state index is 14.6. The minimum atomic E-state index is -1.52. The highest BCUT2D eigenvalue weighted by molar-refractivity contribution is 6.01. The zero-order valence-corrected chi connectivity index (χ0v) is 22.9. The van der Waals surface area contributed by atoms with E-state index in [1.807, 2.05) is 32.9 Å². The number of carbonyl (C=O) groups is 2. The van der Waals surface area contributed by atoms with Gasteiger partial charge in [0.2, 0.25) is 0 Å². The van der Waals surface area contributed by atoms with Gasteiger partial charge in [0, 0.05) is 30.4 Å². The Morgan fingerprint density at radius 1 is 1.03 bits per heavy atom. The Morgan fingerprint density at radius 2 is 1.74 bits per heavy atom. The Kier molecular flexibility index (Phi) is 10.2. The van der Waals surface area contributed by atoms with Gasteiger partial charge in [0.1, 0.15) is 0 Å². The number of nitro groups is 1. The van der Waals surface area contributed by atoms with Crippen LogP contribution in [0.4, 0.5) is 5.69 Å². The van der Waals surface area contributed by atoms with Crippen molar-refractivity contribution in [2.24, 2.45) is 5.92 Å². The molecule has 0 fully saturated rings. The first-order valence-corrected chi connectivity index (χ1v) is 13.7. The van der Waals surface area contributed by atoms with Gasteiger partial charge in [-0.25, -0.2) is 0 Å². The number of rotatable bonds is 12. The van der Waals surface area contributed by atoms with Crippen LogP contribution in [-0.2, 0) is 10.3 Å². The van der Waals surface area contributed by atoms with Gasteiger partial charge in [0.25, 0.3) is 17.5 Å². The molecular weight excluding hydrogens is 480 g/mol. The molecule has 2 amide bonds. The van der Waals surface area contributed by atoms with Crippen molar-refractivity contribution >= 4 is 17.5 Å². The summed E-state index contributed by atoms with van der Waals surface area (Å²) in [5, 5.41) is 15.0. The van der Waals surface area contributed by atoms with Gasteiger partial charge in [-0.2, -0.15) is 0 Å². The highest BCUT2D eigenvalue weighted by Gasteiger charge is 2.58. The van der Waals surface area contributed by atoms with Gasteiger partial charge in [-0.15, -0.1) is 0 Å². The lowest BCUT2D eigenvalue weighted by atomic mass is 9.70. The van der Waals surface area contributed by atoms with Gasteiger partial charge in [-0.3, -0.25) is 29.5 Å². The molecule has 0 unspecified atom stereocenters. The zero-order chi connectivity index (χ0) is 27.7. The number of non-ortho nitro benzene ring substituents is 1. The first-order chi connectivity index (χ1) is 18.4. The first-order valence-electron chi connectivity index (χ1n) is 13.7. The van der Waals surface area contributed by atoms with Crippen LogP contribution in [0.5, 0.6) is 0 Å². The summed E-state index contributed by atoms with van der Waals surface area (Å²) < 4.78 is 0. The lowest BCUT2D eigenvalue weighted by molar-refractivity contribution is -0.385. The van der Waals surface area contributed by atoms with Crippen LogP contribution in [0.2, 0.25) is 0 Å². The number of hydrogen-bond donors (Lipinski definition) is 1. The van der Waals surface area contributed by atoms with Crippen LogP contribution in [0.1, 0.15) is 69.3 Å². The predicted molar refractivity (Wildman–Crippen MR) is 150 cm³/mol. The molecule has 8 nitrogen and oxygen atoms in total. The predicted octanol–water partition coefficient (Wildman–Crippen LogP) is 5.50. The summed E-state index contributed by atoms with van der Waals surface area (Å²) in [4.78, 5) is 43.9. The number of amides is 2. The third-order valence-corrected chi connectivity index (χ3v) is 7.42. The Morgan fingerprint density at radius 3 is 2.34 bits per heavy atom. The van der Waals surface area contributed by atoms with Crippen LogP contribution in [0.25, 0.3) is 0 Å². The van der Waals surface area contributed by atoms with Crippen molar-refractivity contribution in [3.63, 3.8) is 0 Å². The van der Waals surface area contributed by atoms with E-state index in [1.165, 1.54) is 17.0 Å². The first kappa shape index (κ1) is 29.0.